The first-order valence-electron chi connectivity index (χ1n) is 5.79. The number of hydrogen-bond acceptors (Lipinski definition) is 3. The van der Waals surface area contributed by atoms with Gasteiger partial charge in [0.15, 0.2) is 0 Å². The van der Waals surface area contributed by atoms with Crippen molar-refractivity contribution in [2.45, 2.75) is 6.10 Å². The normalized spacial score (nSPS) is 17.8. The first-order chi connectivity index (χ1) is 8.79. The number of hydrogen-bond donors (Lipinski definition) is 0. The van der Waals surface area contributed by atoms with Crippen molar-refractivity contribution in [3.05, 3.63) is 35.4 Å². The number of fused-ring (bicyclic) bond motifs is 1. The predicted molar refractivity (Wildman–Crippen MR) is 70.7 cm³/mol. The maximum atomic E-state index is 6.20. The van der Waals surface area contributed by atoms with Crippen molar-refractivity contribution in [1.82, 2.24) is 0 Å². The van der Waals surface area contributed by atoms with Gasteiger partial charge in [0.1, 0.15) is 24.2 Å². The van der Waals surface area contributed by atoms with Gasteiger partial charge in [-0.25, -0.2) is 0 Å². The third-order valence-electron chi connectivity index (χ3n) is 2.94. The molecule has 1 aliphatic rings. The number of methoxy groups -OCH3 is 1. The molecule has 94 valence electrons. The zero-order valence-corrected chi connectivity index (χ0v) is 10.7. The lowest BCUT2D eigenvalue weighted by Gasteiger charge is -2.13. The Morgan fingerprint density at radius 3 is 2.72 bits per heavy atom. The molecule has 18 heavy (non-hydrogen) atoms. The van der Waals surface area contributed by atoms with Crippen LogP contribution in [0.4, 0.5) is 0 Å². The first-order valence-corrected chi connectivity index (χ1v) is 6.17. The minimum atomic E-state index is 0.227. The average molecular weight is 265 g/mol. The fourth-order valence-electron chi connectivity index (χ4n) is 1.96. The Kier molecular flexibility index (Phi) is 3.02. The van der Waals surface area contributed by atoms with Gasteiger partial charge in [-0.2, -0.15) is 0 Å². The summed E-state index contributed by atoms with van der Waals surface area (Å²) in [4.78, 5) is 0. The molecule has 3 nitrogen and oxygen atoms in total. The molecule has 0 bridgehead atoms. The zero-order valence-electron chi connectivity index (χ0n) is 9.98. The van der Waals surface area contributed by atoms with Crippen molar-refractivity contribution >= 4 is 22.4 Å². The second-order valence-electron chi connectivity index (χ2n) is 4.20. The van der Waals surface area contributed by atoms with Gasteiger partial charge >= 0.3 is 0 Å². The van der Waals surface area contributed by atoms with Crippen LogP contribution in [0.25, 0.3) is 10.8 Å². The van der Waals surface area contributed by atoms with E-state index in [1.165, 1.54) is 0 Å². The van der Waals surface area contributed by atoms with Crippen LogP contribution in [0.3, 0.4) is 0 Å². The van der Waals surface area contributed by atoms with Gasteiger partial charge < -0.3 is 14.2 Å². The molecule has 1 saturated heterocycles. The monoisotopic (exact) mass is 264 g/mol. The molecule has 4 heteroatoms. The van der Waals surface area contributed by atoms with Crippen molar-refractivity contribution in [2.24, 2.45) is 0 Å². The molecule has 0 N–H and O–H groups in total. The summed E-state index contributed by atoms with van der Waals surface area (Å²) in [6, 6.07) is 9.69. The molecule has 3 rings (SSSR count). The van der Waals surface area contributed by atoms with Crippen LogP contribution in [-0.2, 0) is 4.74 Å². The van der Waals surface area contributed by atoms with Crippen LogP contribution in [0.5, 0.6) is 11.5 Å². The van der Waals surface area contributed by atoms with Crippen LogP contribution >= 0.6 is 11.6 Å². The van der Waals surface area contributed by atoms with Crippen LogP contribution in [0.15, 0.2) is 30.3 Å². The van der Waals surface area contributed by atoms with Crippen LogP contribution < -0.4 is 9.47 Å². The lowest BCUT2D eigenvalue weighted by molar-refractivity contribution is 0.265. The van der Waals surface area contributed by atoms with Crippen molar-refractivity contribution < 1.29 is 14.2 Å². The van der Waals surface area contributed by atoms with Gasteiger partial charge in [0.2, 0.25) is 0 Å². The molecule has 0 aromatic heterocycles. The molecule has 0 amide bonds. The molecule has 0 spiro atoms. The highest BCUT2D eigenvalue weighted by atomic mass is 35.5. The number of ether oxygens (including phenoxy) is 3. The lowest BCUT2D eigenvalue weighted by atomic mass is 10.1. The predicted octanol–water partition coefficient (Wildman–Crippen LogP) is 3.28. The summed E-state index contributed by atoms with van der Waals surface area (Å²) in [5.74, 6) is 1.45. The van der Waals surface area contributed by atoms with Crippen molar-refractivity contribution in [3.8, 4) is 11.5 Å². The van der Waals surface area contributed by atoms with E-state index in [1.807, 2.05) is 24.3 Å². The van der Waals surface area contributed by atoms with Gasteiger partial charge in [0.05, 0.1) is 18.7 Å². The van der Waals surface area contributed by atoms with Gasteiger partial charge in [0.25, 0.3) is 0 Å². The van der Waals surface area contributed by atoms with E-state index in [4.69, 9.17) is 25.8 Å². The standard InChI is InChI=1S/C14H13ClO3/c1-16-14-11-5-3-2-4-10(11)13(6-12(14)15)18-8-9-7-17-9/h2-6,9H,7-8H2,1H3. The van der Waals surface area contributed by atoms with Crippen LogP contribution in [-0.4, -0.2) is 26.4 Å². The summed E-state index contributed by atoms with van der Waals surface area (Å²) in [7, 11) is 1.62. The molecule has 0 aliphatic carbocycles. The Morgan fingerprint density at radius 1 is 1.33 bits per heavy atom. The minimum absolute atomic E-state index is 0.227. The summed E-state index contributed by atoms with van der Waals surface area (Å²) in [5, 5.41) is 2.52. The van der Waals surface area contributed by atoms with Gasteiger partial charge in [-0.3, -0.25) is 0 Å². The summed E-state index contributed by atoms with van der Waals surface area (Å²) in [5.41, 5.74) is 0. The fourth-order valence-corrected chi connectivity index (χ4v) is 2.23. The third-order valence-corrected chi connectivity index (χ3v) is 3.22. The maximum absolute atomic E-state index is 6.20. The molecular weight excluding hydrogens is 252 g/mol. The second-order valence-corrected chi connectivity index (χ2v) is 4.61. The molecule has 1 fully saturated rings. The largest absolute Gasteiger partial charge is 0.495 e. The quantitative estimate of drug-likeness (QED) is 0.794. The van der Waals surface area contributed by atoms with E-state index in [2.05, 4.69) is 0 Å². The Morgan fingerprint density at radius 2 is 2.06 bits per heavy atom. The molecule has 2 aromatic rings. The van der Waals surface area contributed by atoms with Gasteiger partial charge in [0, 0.05) is 16.8 Å². The summed E-state index contributed by atoms with van der Waals surface area (Å²) in [6.07, 6.45) is 0.227. The second kappa shape index (κ2) is 4.67. The average Bonchev–Trinajstić information content (AvgIpc) is 3.20. The van der Waals surface area contributed by atoms with Crippen molar-refractivity contribution in [2.75, 3.05) is 20.3 Å². The smallest absolute Gasteiger partial charge is 0.145 e. The Bertz CT molecular complexity index is 579. The van der Waals surface area contributed by atoms with E-state index in [0.29, 0.717) is 17.4 Å². The van der Waals surface area contributed by atoms with Crippen molar-refractivity contribution in [1.29, 1.82) is 0 Å². The summed E-state index contributed by atoms with van der Waals surface area (Å²) >= 11 is 6.20. The van der Waals surface area contributed by atoms with E-state index in [1.54, 1.807) is 13.2 Å². The Hall–Kier alpha value is -1.45. The molecule has 0 radical (unpaired) electrons. The Balaban J connectivity index is 2.06. The summed E-state index contributed by atoms with van der Waals surface area (Å²) in [6.45, 7) is 1.34. The minimum Gasteiger partial charge on any atom is -0.495 e. The van der Waals surface area contributed by atoms with Crippen LogP contribution in [0, 0.1) is 0 Å². The van der Waals surface area contributed by atoms with Crippen molar-refractivity contribution in [3.63, 3.8) is 0 Å². The van der Waals surface area contributed by atoms with E-state index in [0.717, 1.165) is 23.1 Å². The van der Waals surface area contributed by atoms with E-state index >= 15 is 0 Å². The molecule has 1 atom stereocenters. The highest BCUT2D eigenvalue weighted by Crippen LogP contribution is 2.39. The van der Waals surface area contributed by atoms with E-state index in [-0.39, 0.29) is 6.10 Å². The zero-order chi connectivity index (χ0) is 12.5. The first kappa shape index (κ1) is 11.6. The molecule has 0 saturated carbocycles. The van der Waals surface area contributed by atoms with E-state index in [9.17, 15) is 0 Å². The Labute approximate surface area is 110 Å². The molecule has 1 heterocycles. The van der Waals surface area contributed by atoms with E-state index < -0.39 is 0 Å². The molecule has 1 unspecified atom stereocenters. The van der Waals surface area contributed by atoms with Crippen LogP contribution in [0.1, 0.15) is 0 Å². The highest BCUT2D eigenvalue weighted by Gasteiger charge is 2.23. The maximum Gasteiger partial charge on any atom is 0.145 e. The lowest BCUT2D eigenvalue weighted by Crippen LogP contribution is -2.04. The molecular formula is C14H13ClO3. The number of rotatable bonds is 4. The fraction of sp³-hybridized carbons (Fsp3) is 0.286. The number of halogens is 1. The molecule has 2 aromatic carbocycles. The topological polar surface area (TPSA) is 31.0 Å². The number of epoxide rings is 1. The third kappa shape index (κ3) is 2.11. The van der Waals surface area contributed by atoms with Gasteiger partial charge in [-0.15, -0.1) is 0 Å². The SMILES string of the molecule is COc1c(Cl)cc(OCC2CO2)c2ccccc12. The van der Waals surface area contributed by atoms with Gasteiger partial charge in [-0.05, 0) is 0 Å². The van der Waals surface area contributed by atoms with Crippen LogP contribution in [0.2, 0.25) is 5.02 Å². The molecule has 1 aliphatic heterocycles. The summed E-state index contributed by atoms with van der Waals surface area (Å²) < 4.78 is 16.2. The van der Waals surface area contributed by atoms with Gasteiger partial charge in [-0.1, -0.05) is 35.9 Å². The highest BCUT2D eigenvalue weighted by molar-refractivity contribution is 6.33. The number of benzene rings is 2.